The number of thiocarbonyl (C=S) groups is 1. The highest BCUT2D eigenvalue weighted by Gasteiger charge is 2.14. The van der Waals surface area contributed by atoms with E-state index >= 15 is 0 Å². The Morgan fingerprint density at radius 2 is 1.96 bits per heavy atom. The number of rotatable bonds is 7. The molecule has 0 bridgehead atoms. The first-order valence-electron chi connectivity index (χ1n) is 8.85. The molecule has 1 aromatic heterocycles. The van der Waals surface area contributed by atoms with Crippen molar-refractivity contribution in [2.24, 2.45) is 0 Å². The van der Waals surface area contributed by atoms with Crippen molar-refractivity contribution in [1.82, 2.24) is 9.80 Å². The fourth-order valence-electron chi connectivity index (χ4n) is 2.89. The molecule has 26 heavy (non-hydrogen) atoms. The summed E-state index contributed by atoms with van der Waals surface area (Å²) in [5.41, 5.74) is 0.982. The number of furan rings is 1. The molecule has 7 heteroatoms. The Balaban J connectivity index is 1.56. The maximum absolute atomic E-state index is 5.66. The summed E-state index contributed by atoms with van der Waals surface area (Å²) < 4.78 is 12.0. The first-order valence-corrected chi connectivity index (χ1v) is 10.0. The second kappa shape index (κ2) is 10.1. The van der Waals surface area contributed by atoms with Crippen molar-refractivity contribution in [3.8, 4) is 0 Å². The minimum atomic E-state index is 0.665. The van der Waals surface area contributed by atoms with Gasteiger partial charge in [0.05, 0.1) is 26.0 Å². The van der Waals surface area contributed by atoms with Crippen LogP contribution < -0.4 is 5.32 Å². The number of hydrogen-bond donors (Lipinski definition) is 1. The predicted molar refractivity (Wildman–Crippen MR) is 111 cm³/mol. The number of ether oxygens (including phenoxy) is 1. The number of benzene rings is 1. The first-order chi connectivity index (χ1) is 12.7. The normalized spacial score (nSPS) is 15.0. The summed E-state index contributed by atoms with van der Waals surface area (Å²) in [5, 5.41) is 4.04. The second-order valence-electron chi connectivity index (χ2n) is 6.25. The topological polar surface area (TPSA) is 40.9 Å². The zero-order valence-electron chi connectivity index (χ0n) is 14.7. The third kappa shape index (κ3) is 6.09. The summed E-state index contributed by atoms with van der Waals surface area (Å²) in [6, 6.07) is 11.9. The summed E-state index contributed by atoms with van der Waals surface area (Å²) in [7, 11) is 0. The van der Waals surface area contributed by atoms with Gasteiger partial charge in [-0.1, -0.05) is 15.9 Å². The van der Waals surface area contributed by atoms with Gasteiger partial charge in [0.25, 0.3) is 0 Å². The number of nitrogens with one attached hydrogen (secondary N) is 1. The van der Waals surface area contributed by atoms with Crippen molar-refractivity contribution < 1.29 is 9.15 Å². The van der Waals surface area contributed by atoms with E-state index in [-0.39, 0.29) is 0 Å². The number of hydrogen-bond acceptors (Lipinski definition) is 4. The van der Waals surface area contributed by atoms with E-state index < -0.39 is 0 Å². The van der Waals surface area contributed by atoms with Crippen LogP contribution in [0.3, 0.4) is 0 Å². The van der Waals surface area contributed by atoms with Crippen LogP contribution in [0.2, 0.25) is 0 Å². The molecular formula is C19H24BrN3O2S. The van der Waals surface area contributed by atoms with Gasteiger partial charge >= 0.3 is 0 Å². The monoisotopic (exact) mass is 437 g/mol. The highest BCUT2D eigenvalue weighted by Crippen LogP contribution is 2.16. The zero-order valence-corrected chi connectivity index (χ0v) is 17.1. The van der Waals surface area contributed by atoms with Crippen LogP contribution >= 0.6 is 28.1 Å². The summed E-state index contributed by atoms with van der Waals surface area (Å²) in [6.07, 6.45) is 2.75. The Morgan fingerprint density at radius 1 is 1.19 bits per heavy atom. The zero-order chi connectivity index (χ0) is 18.2. The fraction of sp³-hybridized carbons (Fsp3) is 0.421. The van der Waals surface area contributed by atoms with Crippen LogP contribution in [0.1, 0.15) is 12.2 Å². The molecule has 0 saturated carbocycles. The third-order valence-electron chi connectivity index (χ3n) is 4.32. The van der Waals surface area contributed by atoms with Crippen LogP contribution in [-0.4, -0.2) is 54.3 Å². The van der Waals surface area contributed by atoms with Crippen molar-refractivity contribution in [3.05, 3.63) is 52.9 Å². The van der Waals surface area contributed by atoms with Crippen molar-refractivity contribution in [2.75, 3.05) is 44.7 Å². The Morgan fingerprint density at radius 3 is 2.65 bits per heavy atom. The molecule has 1 saturated heterocycles. The molecule has 1 N–H and O–H groups in total. The van der Waals surface area contributed by atoms with E-state index in [4.69, 9.17) is 21.4 Å². The fourth-order valence-corrected chi connectivity index (χ4v) is 3.43. The molecule has 1 aromatic carbocycles. The van der Waals surface area contributed by atoms with Gasteiger partial charge < -0.3 is 19.4 Å². The lowest BCUT2D eigenvalue weighted by Crippen LogP contribution is -2.39. The molecule has 0 unspecified atom stereocenters. The molecule has 0 atom stereocenters. The van der Waals surface area contributed by atoms with Crippen LogP contribution in [0.5, 0.6) is 0 Å². The quantitative estimate of drug-likeness (QED) is 0.660. The molecule has 0 aliphatic carbocycles. The molecule has 1 aliphatic rings. The number of halogens is 1. The van der Waals surface area contributed by atoms with Gasteiger partial charge in [0, 0.05) is 36.3 Å². The van der Waals surface area contributed by atoms with E-state index in [9.17, 15) is 0 Å². The molecule has 2 heterocycles. The number of anilines is 1. The molecule has 0 amide bonds. The second-order valence-corrected chi connectivity index (χ2v) is 7.55. The van der Waals surface area contributed by atoms with Gasteiger partial charge in [0.1, 0.15) is 5.76 Å². The first kappa shape index (κ1) is 19.4. The summed E-state index contributed by atoms with van der Waals surface area (Å²) >= 11 is 9.12. The average molecular weight is 438 g/mol. The van der Waals surface area contributed by atoms with Gasteiger partial charge in [-0.25, -0.2) is 0 Å². The lowest BCUT2D eigenvalue weighted by molar-refractivity contribution is 0.0367. The van der Waals surface area contributed by atoms with Crippen LogP contribution in [0.15, 0.2) is 51.6 Å². The van der Waals surface area contributed by atoms with Gasteiger partial charge in [-0.3, -0.25) is 4.90 Å². The maximum Gasteiger partial charge on any atom is 0.173 e. The van der Waals surface area contributed by atoms with Gasteiger partial charge in [0.2, 0.25) is 0 Å². The van der Waals surface area contributed by atoms with E-state index in [1.165, 1.54) is 0 Å². The van der Waals surface area contributed by atoms with Crippen LogP contribution in [-0.2, 0) is 11.3 Å². The number of morpholine rings is 1. The summed E-state index contributed by atoms with van der Waals surface area (Å²) in [5.74, 6) is 0.913. The number of nitrogens with zero attached hydrogens (tertiary/aromatic N) is 2. The Kier molecular flexibility index (Phi) is 7.49. The Labute approximate surface area is 168 Å². The average Bonchev–Trinajstić information content (AvgIpc) is 3.17. The van der Waals surface area contributed by atoms with E-state index in [0.717, 1.165) is 61.7 Å². The third-order valence-corrected chi connectivity index (χ3v) is 5.20. The molecule has 0 spiro atoms. The maximum atomic E-state index is 5.66. The van der Waals surface area contributed by atoms with Crippen LogP contribution in [0.4, 0.5) is 5.69 Å². The molecule has 1 fully saturated rings. The van der Waals surface area contributed by atoms with Gasteiger partial charge in [0.15, 0.2) is 5.11 Å². The van der Waals surface area contributed by atoms with E-state index in [1.54, 1.807) is 6.26 Å². The van der Waals surface area contributed by atoms with Crippen molar-refractivity contribution in [2.45, 2.75) is 13.0 Å². The molecule has 3 rings (SSSR count). The Hall–Kier alpha value is -1.41. The summed E-state index contributed by atoms with van der Waals surface area (Å²) in [4.78, 5) is 4.61. The van der Waals surface area contributed by atoms with Gasteiger partial charge in [-0.2, -0.15) is 0 Å². The van der Waals surface area contributed by atoms with Crippen LogP contribution in [0, 0.1) is 0 Å². The van der Waals surface area contributed by atoms with E-state index in [1.807, 2.05) is 36.4 Å². The smallest absolute Gasteiger partial charge is 0.173 e. The molecule has 140 valence electrons. The van der Waals surface area contributed by atoms with Crippen LogP contribution in [0.25, 0.3) is 0 Å². The Bertz CT molecular complexity index is 673. The molecular weight excluding hydrogens is 414 g/mol. The van der Waals surface area contributed by atoms with Crippen molar-refractivity contribution in [3.63, 3.8) is 0 Å². The lowest BCUT2D eigenvalue weighted by atomic mass is 10.3. The standard InChI is InChI=1S/C19H24BrN3O2S/c20-16-4-6-17(7-5-16)21-19(26)23(15-18-3-1-12-25-18)9-2-8-22-10-13-24-14-11-22/h1,3-7,12H,2,8-11,13-15H2,(H,21,26). The molecule has 2 aromatic rings. The largest absolute Gasteiger partial charge is 0.467 e. The minimum absolute atomic E-state index is 0.665. The highest BCUT2D eigenvalue weighted by atomic mass is 79.9. The predicted octanol–water partition coefficient (Wildman–Crippen LogP) is 3.96. The lowest BCUT2D eigenvalue weighted by Gasteiger charge is -2.29. The highest BCUT2D eigenvalue weighted by molar-refractivity contribution is 9.10. The SMILES string of the molecule is S=C(Nc1ccc(Br)cc1)N(CCCN1CCOCC1)Cc1ccco1. The molecule has 1 aliphatic heterocycles. The molecule has 0 radical (unpaired) electrons. The van der Waals surface area contributed by atoms with E-state index in [0.29, 0.717) is 11.7 Å². The minimum Gasteiger partial charge on any atom is -0.467 e. The van der Waals surface area contributed by atoms with Gasteiger partial charge in [-0.05, 0) is 55.0 Å². The van der Waals surface area contributed by atoms with Crippen molar-refractivity contribution in [1.29, 1.82) is 0 Å². The van der Waals surface area contributed by atoms with Gasteiger partial charge in [-0.15, -0.1) is 0 Å². The van der Waals surface area contributed by atoms with Crippen molar-refractivity contribution >= 4 is 38.9 Å². The molecule has 5 nitrogen and oxygen atoms in total. The van der Waals surface area contributed by atoms with E-state index in [2.05, 4.69) is 31.0 Å². The summed E-state index contributed by atoms with van der Waals surface area (Å²) in [6.45, 7) is 6.29.